The molecule has 5 nitrogen and oxygen atoms in total. The van der Waals surface area contributed by atoms with Gasteiger partial charge >= 0.3 is 11.9 Å². The average Bonchev–Trinajstić information content (AvgIpc) is 2.66. The third-order valence-corrected chi connectivity index (χ3v) is 4.40. The molecule has 1 unspecified atom stereocenters. The Balaban J connectivity index is 2.19. The lowest BCUT2D eigenvalue weighted by Crippen LogP contribution is -2.57. The normalized spacial score (nSPS) is 38.6. The van der Waals surface area contributed by atoms with Crippen molar-refractivity contribution in [2.45, 2.75) is 52.4 Å². The standard InChI is InChI=1S/C14H23NO4/c1-8-7-15-6-5-12(18-10(3)16)13(15)14(9(8)2)19-11(4)17/h8-9,12-14H,5-7H2,1-4H3/t8-,9?,12-,13+,14-/m0/s1. The Kier molecular flexibility index (Phi) is 4.13. The maximum atomic E-state index is 11.3. The first-order chi connectivity index (χ1) is 8.90. The van der Waals surface area contributed by atoms with E-state index in [0.29, 0.717) is 5.92 Å². The third kappa shape index (κ3) is 2.91. The summed E-state index contributed by atoms with van der Waals surface area (Å²) >= 11 is 0. The molecule has 5 atom stereocenters. The number of hydrogen-bond donors (Lipinski definition) is 0. The molecule has 0 aromatic heterocycles. The number of esters is 2. The second-order valence-corrected chi connectivity index (χ2v) is 5.83. The van der Waals surface area contributed by atoms with Crippen molar-refractivity contribution < 1.29 is 19.1 Å². The van der Waals surface area contributed by atoms with Crippen molar-refractivity contribution >= 4 is 11.9 Å². The molecule has 2 aliphatic heterocycles. The maximum Gasteiger partial charge on any atom is 0.302 e. The molecular formula is C14H23NO4. The summed E-state index contributed by atoms with van der Waals surface area (Å²) in [7, 11) is 0. The first kappa shape index (κ1) is 14.3. The number of hydrogen-bond acceptors (Lipinski definition) is 5. The molecule has 0 N–H and O–H groups in total. The fourth-order valence-electron chi connectivity index (χ4n) is 3.36. The largest absolute Gasteiger partial charge is 0.461 e. The van der Waals surface area contributed by atoms with E-state index >= 15 is 0 Å². The van der Waals surface area contributed by atoms with Crippen LogP contribution in [0.25, 0.3) is 0 Å². The summed E-state index contributed by atoms with van der Waals surface area (Å²) < 4.78 is 10.9. The molecule has 2 aliphatic rings. The molecule has 0 radical (unpaired) electrons. The van der Waals surface area contributed by atoms with E-state index in [4.69, 9.17) is 9.47 Å². The fraction of sp³-hybridized carbons (Fsp3) is 0.857. The zero-order valence-electron chi connectivity index (χ0n) is 12.1. The molecule has 108 valence electrons. The molecule has 2 rings (SSSR count). The summed E-state index contributed by atoms with van der Waals surface area (Å²) in [5.41, 5.74) is 0. The van der Waals surface area contributed by atoms with E-state index in [0.717, 1.165) is 19.5 Å². The highest BCUT2D eigenvalue weighted by Gasteiger charge is 2.49. The number of ether oxygens (including phenoxy) is 2. The Morgan fingerprint density at radius 1 is 1.11 bits per heavy atom. The van der Waals surface area contributed by atoms with Gasteiger partial charge in [0.05, 0.1) is 6.04 Å². The highest BCUT2D eigenvalue weighted by atomic mass is 16.6. The van der Waals surface area contributed by atoms with E-state index < -0.39 is 0 Å². The number of fused-ring (bicyclic) bond motifs is 1. The molecular weight excluding hydrogens is 246 g/mol. The third-order valence-electron chi connectivity index (χ3n) is 4.40. The van der Waals surface area contributed by atoms with Gasteiger partial charge in [0, 0.05) is 26.9 Å². The Labute approximate surface area is 114 Å². The van der Waals surface area contributed by atoms with E-state index in [1.165, 1.54) is 13.8 Å². The summed E-state index contributed by atoms with van der Waals surface area (Å²) in [4.78, 5) is 24.8. The van der Waals surface area contributed by atoms with Gasteiger partial charge in [0.15, 0.2) is 0 Å². The highest BCUT2D eigenvalue weighted by Crippen LogP contribution is 2.37. The summed E-state index contributed by atoms with van der Waals surface area (Å²) in [6.07, 6.45) is 0.478. The predicted octanol–water partition coefficient (Wildman–Crippen LogP) is 1.21. The van der Waals surface area contributed by atoms with Crippen LogP contribution < -0.4 is 0 Å². The molecule has 0 saturated carbocycles. The predicted molar refractivity (Wildman–Crippen MR) is 69.4 cm³/mol. The lowest BCUT2D eigenvalue weighted by molar-refractivity contribution is -0.166. The molecule has 0 bridgehead atoms. The molecule has 0 spiro atoms. The number of carbonyl (C=O) groups is 2. The Morgan fingerprint density at radius 3 is 2.32 bits per heavy atom. The van der Waals surface area contributed by atoms with Crippen LogP contribution in [0.2, 0.25) is 0 Å². The molecule has 19 heavy (non-hydrogen) atoms. The van der Waals surface area contributed by atoms with Gasteiger partial charge < -0.3 is 9.47 Å². The molecule has 5 heteroatoms. The van der Waals surface area contributed by atoms with Crippen LogP contribution in [0.1, 0.15) is 34.1 Å². The van der Waals surface area contributed by atoms with E-state index in [9.17, 15) is 9.59 Å². The van der Waals surface area contributed by atoms with Gasteiger partial charge in [0.2, 0.25) is 0 Å². The smallest absolute Gasteiger partial charge is 0.302 e. The van der Waals surface area contributed by atoms with Crippen molar-refractivity contribution in [3.63, 3.8) is 0 Å². The van der Waals surface area contributed by atoms with Crippen LogP contribution in [0.3, 0.4) is 0 Å². The van der Waals surface area contributed by atoms with Crippen molar-refractivity contribution in [2.75, 3.05) is 13.1 Å². The second kappa shape index (κ2) is 5.49. The SMILES string of the molecule is CC(=O)O[C@H]1CCN2C[C@H](C)C(C)[C@H](OC(C)=O)[C@@H]12. The van der Waals surface area contributed by atoms with Crippen LogP contribution in [-0.2, 0) is 19.1 Å². The van der Waals surface area contributed by atoms with Crippen molar-refractivity contribution in [2.24, 2.45) is 11.8 Å². The molecule has 0 aromatic carbocycles. The van der Waals surface area contributed by atoms with E-state index in [1.54, 1.807) is 0 Å². The highest BCUT2D eigenvalue weighted by molar-refractivity contribution is 5.67. The number of piperidine rings is 1. The van der Waals surface area contributed by atoms with Crippen LogP contribution in [0.5, 0.6) is 0 Å². The maximum absolute atomic E-state index is 11.3. The Bertz CT molecular complexity index is 370. The van der Waals surface area contributed by atoms with Crippen LogP contribution >= 0.6 is 0 Å². The molecule has 0 amide bonds. The summed E-state index contributed by atoms with van der Waals surface area (Å²) in [5, 5.41) is 0. The molecule has 2 saturated heterocycles. The lowest BCUT2D eigenvalue weighted by Gasteiger charge is -2.44. The number of carbonyl (C=O) groups excluding carboxylic acids is 2. The zero-order valence-corrected chi connectivity index (χ0v) is 12.1. The Morgan fingerprint density at radius 2 is 1.74 bits per heavy atom. The number of nitrogens with zero attached hydrogens (tertiary/aromatic N) is 1. The van der Waals surface area contributed by atoms with Crippen LogP contribution in [0.15, 0.2) is 0 Å². The molecule has 0 aliphatic carbocycles. The van der Waals surface area contributed by atoms with Crippen molar-refractivity contribution in [1.82, 2.24) is 4.90 Å². The van der Waals surface area contributed by atoms with Gasteiger partial charge in [0.25, 0.3) is 0 Å². The van der Waals surface area contributed by atoms with E-state index in [1.807, 2.05) is 0 Å². The first-order valence-corrected chi connectivity index (χ1v) is 6.98. The van der Waals surface area contributed by atoms with Crippen LogP contribution in [-0.4, -0.2) is 48.2 Å². The summed E-state index contributed by atoms with van der Waals surface area (Å²) in [6, 6.07) is 0.0130. The van der Waals surface area contributed by atoms with Crippen molar-refractivity contribution in [3.8, 4) is 0 Å². The minimum absolute atomic E-state index is 0.0130. The van der Waals surface area contributed by atoms with Gasteiger partial charge in [-0.25, -0.2) is 0 Å². The summed E-state index contributed by atoms with van der Waals surface area (Å²) in [6.45, 7) is 9.03. The van der Waals surface area contributed by atoms with Gasteiger partial charge in [-0.05, 0) is 18.3 Å². The topological polar surface area (TPSA) is 55.8 Å². The minimum Gasteiger partial charge on any atom is -0.461 e. The van der Waals surface area contributed by atoms with Crippen molar-refractivity contribution in [3.05, 3.63) is 0 Å². The Hall–Kier alpha value is -1.10. The number of rotatable bonds is 2. The quantitative estimate of drug-likeness (QED) is 0.705. The van der Waals surface area contributed by atoms with Gasteiger partial charge in [-0.3, -0.25) is 14.5 Å². The van der Waals surface area contributed by atoms with Gasteiger partial charge in [-0.2, -0.15) is 0 Å². The zero-order chi connectivity index (χ0) is 14.2. The van der Waals surface area contributed by atoms with E-state index in [2.05, 4.69) is 18.7 Å². The fourth-order valence-corrected chi connectivity index (χ4v) is 3.36. The van der Waals surface area contributed by atoms with E-state index in [-0.39, 0.29) is 36.1 Å². The van der Waals surface area contributed by atoms with Gasteiger partial charge in [-0.1, -0.05) is 13.8 Å². The lowest BCUT2D eigenvalue weighted by atomic mass is 9.81. The second-order valence-electron chi connectivity index (χ2n) is 5.83. The summed E-state index contributed by atoms with van der Waals surface area (Å²) in [5.74, 6) is 0.220. The molecule has 2 fully saturated rings. The monoisotopic (exact) mass is 269 g/mol. The van der Waals surface area contributed by atoms with Crippen molar-refractivity contribution in [1.29, 1.82) is 0 Å². The minimum atomic E-state index is -0.264. The molecule has 0 aromatic rings. The van der Waals surface area contributed by atoms with Crippen LogP contribution in [0.4, 0.5) is 0 Å². The van der Waals surface area contributed by atoms with Gasteiger partial charge in [0.1, 0.15) is 12.2 Å². The van der Waals surface area contributed by atoms with Crippen LogP contribution in [0, 0.1) is 11.8 Å². The first-order valence-electron chi connectivity index (χ1n) is 6.98. The molecule has 2 heterocycles. The van der Waals surface area contributed by atoms with Gasteiger partial charge in [-0.15, -0.1) is 0 Å². The average molecular weight is 269 g/mol.